The molecule has 0 saturated heterocycles. The van der Waals surface area contributed by atoms with Crippen molar-refractivity contribution < 1.29 is 4.79 Å². The van der Waals surface area contributed by atoms with Crippen LogP contribution in [0.1, 0.15) is 66.4 Å². The number of ketones is 1. The highest BCUT2D eigenvalue weighted by Crippen LogP contribution is 2.28. The Morgan fingerprint density at radius 1 is 1.11 bits per heavy atom. The molecule has 0 aromatic heterocycles. The maximum atomic E-state index is 12.3. The van der Waals surface area contributed by atoms with Gasteiger partial charge in [0.2, 0.25) is 0 Å². The Labute approximate surface area is 111 Å². The lowest BCUT2D eigenvalue weighted by Gasteiger charge is -2.21. The fraction of sp³-hybridized carbons (Fsp3) is 0.588. The standard InChI is InChI=1S/C17H24O/c1-13-7-6-8-14(2)17(13)16(18)12-11-15-9-4-3-5-10-15/h6-8,15H,3-5,9-12H2,1-2H3. The first-order valence-electron chi connectivity index (χ1n) is 7.28. The van der Waals surface area contributed by atoms with E-state index in [9.17, 15) is 4.79 Å². The van der Waals surface area contributed by atoms with Gasteiger partial charge in [-0.25, -0.2) is 0 Å². The van der Waals surface area contributed by atoms with Crippen LogP contribution in [0.3, 0.4) is 0 Å². The van der Waals surface area contributed by atoms with E-state index in [-0.39, 0.29) is 0 Å². The third-order valence-corrected chi connectivity index (χ3v) is 4.26. The predicted molar refractivity (Wildman–Crippen MR) is 76.1 cm³/mol. The van der Waals surface area contributed by atoms with Crippen molar-refractivity contribution in [2.24, 2.45) is 5.92 Å². The minimum atomic E-state index is 0.344. The molecule has 0 amide bonds. The molecular formula is C17H24O. The molecule has 0 unspecified atom stereocenters. The van der Waals surface area contributed by atoms with E-state index in [4.69, 9.17) is 0 Å². The van der Waals surface area contributed by atoms with E-state index in [1.54, 1.807) is 0 Å². The minimum absolute atomic E-state index is 0.344. The number of rotatable bonds is 4. The molecule has 1 aliphatic rings. The highest BCUT2D eigenvalue weighted by Gasteiger charge is 2.17. The van der Waals surface area contributed by atoms with E-state index < -0.39 is 0 Å². The van der Waals surface area contributed by atoms with Crippen LogP contribution in [-0.4, -0.2) is 5.78 Å². The summed E-state index contributed by atoms with van der Waals surface area (Å²) in [5.41, 5.74) is 3.22. The van der Waals surface area contributed by atoms with Crippen molar-refractivity contribution in [2.75, 3.05) is 0 Å². The molecule has 1 heteroatoms. The van der Waals surface area contributed by atoms with Crippen molar-refractivity contribution in [3.63, 3.8) is 0 Å². The van der Waals surface area contributed by atoms with Crippen molar-refractivity contribution in [1.29, 1.82) is 0 Å². The van der Waals surface area contributed by atoms with Gasteiger partial charge < -0.3 is 0 Å². The molecule has 1 fully saturated rings. The third-order valence-electron chi connectivity index (χ3n) is 4.26. The Morgan fingerprint density at radius 2 is 1.72 bits per heavy atom. The smallest absolute Gasteiger partial charge is 0.163 e. The first-order valence-corrected chi connectivity index (χ1v) is 7.28. The molecule has 0 atom stereocenters. The Bertz CT molecular complexity index is 393. The van der Waals surface area contributed by atoms with Gasteiger partial charge in [0, 0.05) is 12.0 Å². The molecule has 0 aliphatic heterocycles. The summed E-state index contributed by atoms with van der Waals surface area (Å²) in [7, 11) is 0. The van der Waals surface area contributed by atoms with E-state index >= 15 is 0 Å². The van der Waals surface area contributed by atoms with Gasteiger partial charge in [-0.1, -0.05) is 50.3 Å². The van der Waals surface area contributed by atoms with Gasteiger partial charge in [-0.05, 0) is 37.3 Å². The van der Waals surface area contributed by atoms with Crippen LogP contribution in [0, 0.1) is 19.8 Å². The Balaban J connectivity index is 1.95. The molecule has 1 aromatic carbocycles. The third kappa shape index (κ3) is 3.22. The molecule has 1 aromatic rings. The van der Waals surface area contributed by atoms with E-state index in [1.807, 2.05) is 32.0 Å². The second-order valence-electron chi connectivity index (χ2n) is 5.73. The van der Waals surface area contributed by atoms with Gasteiger partial charge in [0.05, 0.1) is 0 Å². The quantitative estimate of drug-likeness (QED) is 0.692. The molecule has 0 N–H and O–H groups in total. The fourth-order valence-electron chi connectivity index (χ4n) is 3.19. The molecule has 0 heterocycles. The van der Waals surface area contributed by atoms with E-state index in [2.05, 4.69) is 0 Å². The van der Waals surface area contributed by atoms with Gasteiger partial charge in [-0.15, -0.1) is 0 Å². The van der Waals surface area contributed by atoms with Crippen molar-refractivity contribution in [3.05, 3.63) is 34.9 Å². The second-order valence-corrected chi connectivity index (χ2v) is 5.73. The number of benzene rings is 1. The maximum absolute atomic E-state index is 12.3. The summed E-state index contributed by atoms with van der Waals surface area (Å²) in [4.78, 5) is 12.3. The van der Waals surface area contributed by atoms with Crippen LogP contribution >= 0.6 is 0 Å². The van der Waals surface area contributed by atoms with Crippen LogP contribution in [0.5, 0.6) is 0 Å². The normalized spacial score (nSPS) is 16.8. The predicted octanol–water partition coefficient (Wildman–Crippen LogP) is 4.85. The van der Waals surface area contributed by atoms with Gasteiger partial charge in [0.1, 0.15) is 0 Å². The van der Waals surface area contributed by atoms with E-state index in [0.717, 1.165) is 35.4 Å². The average molecular weight is 244 g/mol. The summed E-state index contributed by atoms with van der Waals surface area (Å²) in [6, 6.07) is 6.12. The number of carbonyl (C=O) groups excluding carboxylic acids is 1. The molecule has 0 spiro atoms. The van der Waals surface area contributed by atoms with Crippen LogP contribution in [0.25, 0.3) is 0 Å². The highest BCUT2D eigenvalue weighted by atomic mass is 16.1. The first-order chi connectivity index (χ1) is 8.68. The lowest BCUT2D eigenvalue weighted by atomic mass is 9.84. The molecule has 2 rings (SSSR count). The zero-order chi connectivity index (χ0) is 13.0. The Morgan fingerprint density at radius 3 is 2.33 bits per heavy atom. The van der Waals surface area contributed by atoms with Crippen molar-refractivity contribution in [1.82, 2.24) is 0 Å². The van der Waals surface area contributed by atoms with Crippen molar-refractivity contribution >= 4 is 5.78 Å². The summed E-state index contributed by atoms with van der Waals surface area (Å²) in [6.45, 7) is 4.09. The summed E-state index contributed by atoms with van der Waals surface area (Å²) >= 11 is 0. The van der Waals surface area contributed by atoms with Crippen molar-refractivity contribution in [3.8, 4) is 0 Å². The van der Waals surface area contributed by atoms with Crippen molar-refractivity contribution in [2.45, 2.75) is 58.8 Å². The van der Waals surface area contributed by atoms with Crippen LogP contribution in [0.2, 0.25) is 0 Å². The Kier molecular flexibility index (Phi) is 4.57. The van der Waals surface area contributed by atoms with Gasteiger partial charge in [-0.2, -0.15) is 0 Å². The highest BCUT2D eigenvalue weighted by molar-refractivity contribution is 5.98. The van der Waals surface area contributed by atoms with Gasteiger partial charge in [0.15, 0.2) is 5.78 Å². The summed E-state index contributed by atoms with van der Waals surface area (Å²) in [5, 5.41) is 0. The van der Waals surface area contributed by atoms with Gasteiger partial charge in [0.25, 0.3) is 0 Å². The molecule has 1 nitrogen and oxygen atoms in total. The van der Waals surface area contributed by atoms with Gasteiger partial charge in [-0.3, -0.25) is 4.79 Å². The zero-order valence-corrected chi connectivity index (χ0v) is 11.7. The summed E-state index contributed by atoms with van der Waals surface area (Å²) < 4.78 is 0. The first kappa shape index (κ1) is 13.3. The lowest BCUT2D eigenvalue weighted by Crippen LogP contribution is -2.10. The summed E-state index contributed by atoms with van der Waals surface area (Å²) in [6.07, 6.45) is 8.61. The SMILES string of the molecule is Cc1cccc(C)c1C(=O)CCC1CCCCC1. The number of hydrogen-bond donors (Lipinski definition) is 0. The topological polar surface area (TPSA) is 17.1 Å². The van der Waals surface area contributed by atoms with Crippen LogP contribution in [0.4, 0.5) is 0 Å². The van der Waals surface area contributed by atoms with Crippen LogP contribution < -0.4 is 0 Å². The molecule has 98 valence electrons. The number of Topliss-reactive ketones (excluding diaryl/α,β-unsaturated/α-hetero) is 1. The molecule has 0 bridgehead atoms. The number of carbonyl (C=O) groups is 1. The average Bonchev–Trinajstić information content (AvgIpc) is 2.37. The Hall–Kier alpha value is -1.11. The summed E-state index contributed by atoms with van der Waals surface area (Å²) in [5.74, 6) is 1.14. The fourth-order valence-corrected chi connectivity index (χ4v) is 3.19. The minimum Gasteiger partial charge on any atom is -0.294 e. The zero-order valence-electron chi connectivity index (χ0n) is 11.7. The van der Waals surface area contributed by atoms with Crippen LogP contribution in [-0.2, 0) is 0 Å². The maximum Gasteiger partial charge on any atom is 0.163 e. The van der Waals surface area contributed by atoms with Crippen LogP contribution in [0.15, 0.2) is 18.2 Å². The number of hydrogen-bond acceptors (Lipinski definition) is 1. The molecule has 18 heavy (non-hydrogen) atoms. The van der Waals surface area contributed by atoms with E-state index in [0.29, 0.717) is 5.78 Å². The largest absolute Gasteiger partial charge is 0.294 e. The molecule has 1 saturated carbocycles. The van der Waals surface area contributed by atoms with Gasteiger partial charge >= 0.3 is 0 Å². The number of aryl methyl sites for hydroxylation is 2. The second kappa shape index (κ2) is 6.17. The van der Waals surface area contributed by atoms with E-state index in [1.165, 1.54) is 32.1 Å². The molecule has 1 aliphatic carbocycles. The molecule has 0 radical (unpaired) electrons. The molecular weight excluding hydrogens is 220 g/mol. The lowest BCUT2D eigenvalue weighted by molar-refractivity contribution is 0.0969. The monoisotopic (exact) mass is 244 g/mol.